The van der Waals surface area contributed by atoms with E-state index >= 15 is 0 Å². The number of amides is 1. The summed E-state index contributed by atoms with van der Waals surface area (Å²) in [5.41, 5.74) is 4.22. The third kappa shape index (κ3) is 4.84. The number of benzene rings is 2. The Kier molecular flexibility index (Phi) is 6.36. The van der Waals surface area contributed by atoms with E-state index in [1.54, 1.807) is 0 Å². The second-order valence-electron chi connectivity index (χ2n) is 8.76. The molecule has 3 nitrogen and oxygen atoms in total. The van der Waals surface area contributed by atoms with E-state index < -0.39 is 0 Å². The van der Waals surface area contributed by atoms with Crippen LogP contribution in [0.15, 0.2) is 60.8 Å². The lowest BCUT2D eigenvalue weighted by Crippen LogP contribution is -2.37. The largest absolute Gasteiger partial charge is 0.321 e. The molecule has 0 aliphatic carbocycles. The van der Waals surface area contributed by atoms with E-state index in [2.05, 4.69) is 81.0 Å². The second kappa shape index (κ2) is 8.77. The number of anilines is 1. The van der Waals surface area contributed by atoms with Gasteiger partial charge in [0, 0.05) is 24.1 Å². The van der Waals surface area contributed by atoms with Crippen molar-refractivity contribution < 1.29 is 9.36 Å². The van der Waals surface area contributed by atoms with Crippen LogP contribution in [0.5, 0.6) is 0 Å². The highest BCUT2D eigenvalue weighted by molar-refractivity contribution is 6.08. The Morgan fingerprint density at radius 2 is 1.76 bits per heavy atom. The van der Waals surface area contributed by atoms with Crippen LogP contribution in [-0.2, 0) is 6.42 Å². The average Bonchev–Trinajstić information content (AvgIpc) is 2.73. The molecule has 29 heavy (non-hydrogen) atoms. The third-order valence-corrected chi connectivity index (χ3v) is 6.04. The summed E-state index contributed by atoms with van der Waals surface area (Å²) in [5.74, 6) is -0.0715. The number of nitrogens with zero attached hydrogens (tertiary/aromatic N) is 1. The van der Waals surface area contributed by atoms with Crippen LogP contribution in [0.3, 0.4) is 0 Å². The van der Waals surface area contributed by atoms with Crippen molar-refractivity contribution in [1.82, 2.24) is 0 Å². The molecule has 0 aliphatic heterocycles. The number of aromatic nitrogens is 1. The van der Waals surface area contributed by atoms with E-state index in [-0.39, 0.29) is 11.3 Å². The van der Waals surface area contributed by atoms with Gasteiger partial charge in [-0.3, -0.25) is 4.79 Å². The van der Waals surface area contributed by atoms with Gasteiger partial charge >= 0.3 is 0 Å². The van der Waals surface area contributed by atoms with Crippen molar-refractivity contribution in [2.45, 2.75) is 59.9 Å². The number of pyridine rings is 1. The van der Waals surface area contributed by atoms with Gasteiger partial charge < -0.3 is 5.32 Å². The van der Waals surface area contributed by atoms with Crippen molar-refractivity contribution in [3.05, 3.63) is 71.9 Å². The van der Waals surface area contributed by atoms with Crippen LogP contribution in [0.2, 0.25) is 0 Å². The molecule has 1 atom stereocenters. The molecular formula is C26H33N2O+. The van der Waals surface area contributed by atoms with Crippen LogP contribution in [0.4, 0.5) is 5.69 Å². The van der Waals surface area contributed by atoms with E-state index in [0.717, 1.165) is 35.9 Å². The summed E-state index contributed by atoms with van der Waals surface area (Å²) in [6, 6.07) is 18.6. The fourth-order valence-corrected chi connectivity index (χ4v) is 3.60. The Hall–Kier alpha value is -2.68. The zero-order valence-electron chi connectivity index (χ0n) is 18.3. The van der Waals surface area contributed by atoms with Crippen LogP contribution >= 0.6 is 0 Å². The van der Waals surface area contributed by atoms with Crippen LogP contribution in [0.1, 0.15) is 69.4 Å². The maximum Gasteiger partial charge on any atom is 0.255 e. The molecule has 1 aromatic heterocycles. The highest BCUT2D eigenvalue weighted by atomic mass is 16.1. The fourth-order valence-electron chi connectivity index (χ4n) is 3.60. The number of fused-ring (bicyclic) bond motifs is 1. The predicted molar refractivity (Wildman–Crippen MR) is 121 cm³/mol. The van der Waals surface area contributed by atoms with Gasteiger partial charge in [0.05, 0.1) is 11.1 Å². The number of nitrogens with one attached hydrogen (secondary N) is 1. The number of hydrogen-bond donors (Lipinski definition) is 1. The first kappa shape index (κ1) is 21.0. The van der Waals surface area contributed by atoms with E-state index in [1.807, 2.05) is 24.3 Å². The van der Waals surface area contributed by atoms with Crippen molar-refractivity contribution in [2.24, 2.45) is 5.41 Å². The van der Waals surface area contributed by atoms with Gasteiger partial charge in [0.1, 0.15) is 0 Å². The highest BCUT2D eigenvalue weighted by Crippen LogP contribution is 2.26. The molecule has 1 N–H and O–H groups in total. The molecule has 3 rings (SSSR count). The Morgan fingerprint density at radius 1 is 1.03 bits per heavy atom. The van der Waals surface area contributed by atoms with Gasteiger partial charge in [-0.1, -0.05) is 52.3 Å². The maximum absolute atomic E-state index is 12.9. The summed E-state index contributed by atoms with van der Waals surface area (Å²) < 4.78 is 2.27. The first-order valence-electron chi connectivity index (χ1n) is 10.7. The number of rotatable bonds is 7. The Morgan fingerprint density at radius 3 is 2.41 bits per heavy atom. The SMILES string of the molecule is CCC(C)[n+]1cccc2c(NC(=O)c3ccc(CC(C)(C)CC)cc3)cccc21. The average molecular weight is 390 g/mol. The Balaban J connectivity index is 1.83. The summed E-state index contributed by atoms with van der Waals surface area (Å²) in [4.78, 5) is 12.9. The van der Waals surface area contributed by atoms with E-state index in [4.69, 9.17) is 0 Å². The van der Waals surface area contributed by atoms with Gasteiger partial charge in [-0.25, -0.2) is 0 Å². The minimum Gasteiger partial charge on any atom is -0.321 e. The zero-order chi connectivity index (χ0) is 21.0. The van der Waals surface area contributed by atoms with Crippen LogP contribution in [-0.4, -0.2) is 5.91 Å². The van der Waals surface area contributed by atoms with E-state index in [0.29, 0.717) is 11.6 Å². The Bertz CT molecular complexity index is 989. The molecule has 0 fully saturated rings. The van der Waals surface area contributed by atoms with E-state index in [9.17, 15) is 4.79 Å². The normalized spacial score (nSPS) is 12.7. The molecule has 152 valence electrons. The second-order valence-corrected chi connectivity index (χ2v) is 8.76. The molecule has 0 radical (unpaired) electrons. The summed E-state index contributed by atoms with van der Waals surface area (Å²) in [6.07, 6.45) is 5.32. The lowest BCUT2D eigenvalue weighted by Gasteiger charge is -2.22. The molecule has 1 heterocycles. The summed E-state index contributed by atoms with van der Waals surface area (Å²) >= 11 is 0. The van der Waals surface area contributed by atoms with Crippen molar-refractivity contribution in [3.8, 4) is 0 Å². The van der Waals surface area contributed by atoms with Gasteiger partial charge in [-0.15, -0.1) is 0 Å². The van der Waals surface area contributed by atoms with Crippen LogP contribution < -0.4 is 9.88 Å². The highest BCUT2D eigenvalue weighted by Gasteiger charge is 2.18. The zero-order valence-corrected chi connectivity index (χ0v) is 18.3. The molecule has 3 heteroatoms. The molecule has 0 saturated carbocycles. The Labute approximate surface area is 174 Å². The van der Waals surface area contributed by atoms with Gasteiger partial charge in [-0.05, 0) is 48.6 Å². The molecule has 0 bridgehead atoms. The van der Waals surface area contributed by atoms with E-state index in [1.165, 1.54) is 5.56 Å². The first-order chi connectivity index (χ1) is 13.8. The third-order valence-electron chi connectivity index (χ3n) is 6.04. The summed E-state index contributed by atoms with van der Waals surface area (Å²) in [5, 5.41) is 4.17. The number of carbonyl (C=O) groups is 1. The molecule has 0 saturated heterocycles. The van der Waals surface area contributed by atoms with Gasteiger partial charge in [-0.2, -0.15) is 4.57 Å². The lowest BCUT2D eigenvalue weighted by molar-refractivity contribution is -0.695. The van der Waals surface area contributed by atoms with Gasteiger partial charge in [0.25, 0.3) is 5.91 Å². The quantitative estimate of drug-likeness (QED) is 0.471. The summed E-state index contributed by atoms with van der Waals surface area (Å²) in [6.45, 7) is 11.2. The minimum absolute atomic E-state index is 0.0715. The van der Waals surface area contributed by atoms with Crippen molar-refractivity contribution in [2.75, 3.05) is 5.32 Å². The maximum atomic E-state index is 12.9. The van der Waals surface area contributed by atoms with Crippen LogP contribution in [0.25, 0.3) is 10.9 Å². The molecule has 0 spiro atoms. The predicted octanol–water partition coefficient (Wildman–Crippen LogP) is 6.33. The fraction of sp³-hybridized carbons (Fsp3) is 0.385. The van der Waals surface area contributed by atoms with Crippen molar-refractivity contribution >= 4 is 22.5 Å². The van der Waals surface area contributed by atoms with Crippen molar-refractivity contribution in [3.63, 3.8) is 0 Å². The standard InChI is InChI=1S/C26H32N2O/c1-6-19(3)28-17-9-10-22-23(11-8-12-24(22)28)27-25(29)21-15-13-20(14-16-21)18-26(4,5)7-2/h8-17,19H,6-7,18H2,1-5H3/p+1. The monoisotopic (exact) mass is 389 g/mol. The van der Waals surface area contributed by atoms with Crippen molar-refractivity contribution in [1.29, 1.82) is 0 Å². The number of carbonyl (C=O) groups excluding carboxylic acids is 1. The summed E-state index contributed by atoms with van der Waals surface area (Å²) in [7, 11) is 0. The smallest absolute Gasteiger partial charge is 0.255 e. The molecular weight excluding hydrogens is 356 g/mol. The molecule has 3 aromatic rings. The topological polar surface area (TPSA) is 33.0 Å². The molecule has 2 aromatic carbocycles. The van der Waals surface area contributed by atoms with Gasteiger partial charge in [0.15, 0.2) is 12.2 Å². The molecule has 1 unspecified atom stereocenters. The van der Waals surface area contributed by atoms with Crippen LogP contribution in [0, 0.1) is 5.41 Å². The molecule has 0 aliphatic rings. The lowest BCUT2D eigenvalue weighted by atomic mass is 9.83. The minimum atomic E-state index is -0.0715. The van der Waals surface area contributed by atoms with Gasteiger partial charge in [0.2, 0.25) is 5.52 Å². The first-order valence-corrected chi connectivity index (χ1v) is 10.7. The number of hydrogen-bond acceptors (Lipinski definition) is 1. The molecule has 1 amide bonds.